The molecular weight excluding hydrogens is 470 g/mol. The highest BCUT2D eigenvalue weighted by atomic mass is 32.2. The van der Waals surface area contributed by atoms with Crippen LogP contribution in [-0.4, -0.2) is 59.8 Å². The van der Waals surface area contributed by atoms with Gasteiger partial charge in [-0.2, -0.15) is 5.10 Å². The second-order valence-electron chi connectivity index (χ2n) is 8.97. The van der Waals surface area contributed by atoms with Crippen molar-refractivity contribution >= 4 is 40.7 Å². The van der Waals surface area contributed by atoms with Gasteiger partial charge in [0.2, 0.25) is 0 Å². The number of hydrogen-bond donors (Lipinski definition) is 2. The summed E-state index contributed by atoms with van der Waals surface area (Å²) in [6, 6.07) is 17.7. The summed E-state index contributed by atoms with van der Waals surface area (Å²) in [4.78, 5) is 21.0. The fraction of sp³-hybridized carbons (Fsp3) is 0.250. The average molecular weight is 500 g/mol. The van der Waals surface area contributed by atoms with Crippen LogP contribution < -0.4 is 10.1 Å². The number of carbonyl (C=O) groups excluding carboxylic acids is 1. The van der Waals surface area contributed by atoms with Crippen molar-refractivity contribution in [2.45, 2.75) is 16.2 Å². The van der Waals surface area contributed by atoms with Crippen LogP contribution in [0.4, 0.5) is 0 Å². The van der Waals surface area contributed by atoms with Gasteiger partial charge in [-0.25, -0.2) is 0 Å². The highest BCUT2D eigenvalue weighted by Gasteiger charge is 2.19. The number of nitrogens with one attached hydrogen (secondary N) is 2. The molecule has 1 amide bonds. The maximum Gasteiger partial charge on any atom is 0.252 e. The summed E-state index contributed by atoms with van der Waals surface area (Å²) in [5.41, 5.74) is 3.29. The van der Waals surface area contributed by atoms with E-state index in [-0.39, 0.29) is 5.91 Å². The molecule has 0 aliphatic carbocycles. The van der Waals surface area contributed by atoms with Crippen LogP contribution >= 0.6 is 11.8 Å². The third kappa shape index (κ3) is 5.61. The molecule has 8 heteroatoms. The molecule has 1 aliphatic heterocycles. The Bertz CT molecular complexity index is 1380. The Kier molecular flexibility index (Phi) is 7.34. The van der Waals surface area contributed by atoms with E-state index >= 15 is 0 Å². The standard InChI is InChI=1S/C28H29N5O2S/c1-29-28(34)24-5-3-4-6-27(24)36-22-10-11-23-25(31-32-26(23)15-22)12-8-20-7-9-21(16-30-20)35-18-19-13-14-33(2)17-19/h3-12,15-16,19H,13-14,17-18H2,1-2H3,(H,29,34)(H,31,32)/b12-8+/t19-/m0/s1. The van der Waals surface area contributed by atoms with E-state index in [0.717, 1.165) is 57.5 Å². The molecule has 36 heavy (non-hydrogen) atoms. The van der Waals surface area contributed by atoms with E-state index in [0.29, 0.717) is 11.5 Å². The molecule has 3 heterocycles. The van der Waals surface area contributed by atoms with Gasteiger partial charge in [-0.05, 0) is 74.6 Å². The Balaban J connectivity index is 1.24. The summed E-state index contributed by atoms with van der Waals surface area (Å²) in [7, 11) is 3.79. The van der Waals surface area contributed by atoms with Gasteiger partial charge in [0.05, 0.1) is 35.3 Å². The molecule has 0 spiro atoms. The van der Waals surface area contributed by atoms with E-state index in [9.17, 15) is 4.79 Å². The Labute approximate surface area is 215 Å². The molecule has 7 nitrogen and oxygen atoms in total. The Hall–Kier alpha value is -3.62. The highest BCUT2D eigenvalue weighted by Crippen LogP contribution is 2.33. The monoisotopic (exact) mass is 499 g/mol. The number of benzene rings is 2. The number of pyridine rings is 1. The molecule has 5 rings (SSSR count). The van der Waals surface area contributed by atoms with Crippen molar-refractivity contribution in [3.05, 3.63) is 77.7 Å². The third-order valence-corrected chi connectivity index (χ3v) is 7.36. The van der Waals surface area contributed by atoms with Crippen molar-refractivity contribution in [2.24, 2.45) is 5.92 Å². The number of aromatic nitrogens is 3. The predicted molar refractivity (Wildman–Crippen MR) is 144 cm³/mol. The third-order valence-electron chi connectivity index (χ3n) is 6.30. The van der Waals surface area contributed by atoms with E-state index in [4.69, 9.17) is 4.74 Å². The first-order chi connectivity index (χ1) is 17.6. The van der Waals surface area contributed by atoms with Crippen molar-refractivity contribution < 1.29 is 9.53 Å². The minimum atomic E-state index is -0.0945. The van der Waals surface area contributed by atoms with Crippen LogP contribution in [0.2, 0.25) is 0 Å². The quantitative estimate of drug-likeness (QED) is 0.356. The minimum Gasteiger partial charge on any atom is -0.492 e. The van der Waals surface area contributed by atoms with Gasteiger partial charge in [-0.15, -0.1) is 0 Å². The second-order valence-corrected chi connectivity index (χ2v) is 10.1. The van der Waals surface area contributed by atoms with Crippen molar-refractivity contribution in [3.8, 4) is 5.75 Å². The Morgan fingerprint density at radius 1 is 1.22 bits per heavy atom. The summed E-state index contributed by atoms with van der Waals surface area (Å²) in [6.07, 6.45) is 6.88. The summed E-state index contributed by atoms with van der Waals surface area (Å²) in [5, 5.41) is 11.3. The molecule has 0 radical (unpaired) electrons. The van der Waals surface area contributed by atoms with Gasteiger partial charge in [0.1, 0.15) is 5.75 Å². The van der Waals surface area contributed by atoms with E-state index in [2.05, 4.69) is 38.5 Å². The number of nitrogens with zero attached hydrogens (tertiary/aromatic N) is 3. The maximum absolute atomic E-state index is 12.2. The number of hydrogen-bond acceptors (Lipinski definition) is 6. The summed E-state index contributed by atoms with van der Waals surface area (Å²) >= 11 is 1.55. The van der Waals surface area contributed by atoms with E-state index in [1.807, 2.05) is 60.7 Å². The average Bonchev–Trinajstić information content (AvgIpc) is 3.52. The molecule has 0 bridgehead atoms. The van der Waals surface area contributed by atoms with Crippen LogP contribution in [0.1, 0.15) is 28.2 Å². The maximum atomic E-state index is 12.2. The number of likely N-dealkylation sites (tertiary alicyclic amines) is 1. The molecule has 1 atom stereocenters. The summed E-state index contributed by atoms with van der Waals surface area (Å²) < 4.78 is 5.93. The normalized spacial score (nSPS) is 16.1. The van der Waals surface area contributed by atoms with Crippen LogP contribution in [0, 0.1) is 5.92 Å². The molecule has 0 unspecified atom stereocenters. The van der Waals surface area contributed by atoms with Crippen LogP contribution in [0.25, 0.3) is 23.1 Å². The Morgan fingerprint density at radius 2 is 2.11 bits per heavy atom. The minimum absolute atomic E-state index is 0.0945. The number of ether oxygens (including phenoxy) is 1. The predicted octanol–water partition coefficient (Wildman–Crippen LogP) is 4.97. The molecule has 0 saturated carbocycles. The van der Waals surface area contributed by atoms with Gasteiger partial charge in [0.25, 0.3) is 5.91 Å². The fourth-order valence-corrected chi connectivity index (χ4v) is 5.32. The molecule has 2 aromatic carbocycles. The number of carbonyl (C=O) groups is 1. The van der Waals surface area contributed by atoms with Gasteiger partial charge >= 0.3 is 0 Å². The first-order valence-electron chi connectivity index (χ1n) is 12.0. The zero-order chi connectivity index (χ0) is 24.9. The lowest BCUT2D eigenvalue weighted by Crippen LogP contribution is -2.18. The van der Waals surface area contributed by atoms with Gasteiger partial charge in [0, 0.05) is 34.7 Å². The zero-order valence-electron chi connectivity index (χ0n) is 20.4. The topological polar surface area (TPSA) is 83.1 Å². The lowest BCUT2D eigenvalue weighted by Gasteiger charge is -2.11. The molecule has 1 fully saturated rings. The lowest BCUT2D eigenvalue weighted by molar-refractivity contribution is 0.0960. The van der Waals surface area contributed by atoms with Crippen molar-refractivity contribution in [2.75, 3.05) is 33.8 Å². The van der Waals surface area contributed by atoms with Crippen molar-refractivity contribution in [3.63, 3.8) is 0 Å². The summed E-state index contributed by atoms with van der Waals surface area (Å²) in [5.74, 6) is 1.30. The van der Waals surface area contributed by atoms with Crippen LogP contribution in [0.3, 0.4) is 0 Å². The summed E-state index contributed by atoms with van der Waals surface area (Å²) in [6.45, 7) is 2.97. The number of rotatable bonds is 8. The van der Waals surface area contributed by atoms with E-state index in [1.165, 1.54) is 6.42 Å². The molecule has 1 saturated heterocycles. The molecular formula is C28H29N5O2S. The number of aromatic amines is 1. The number of amides is 1. The second kappa shape index (κ2) is 11.0. The van der Waals surface area contributed by atoms with Gasteiger partial charge in [-0.1, -0.05) is 23.9 Å². The van der Waals surface area contributed by atoms with Gasteiger partial charge < -0.3 is 15.0 Å². The van der Waals surface area contributed by atoms with Crippen molar-refractivity contribution in [1.82, 2.24) is 25.4 Å². The lowest BCUT2D eigenvalue weighted by atomic mass is 10.1. The number of fused-ring (bicyclic) bond motifs is 1. The molecule has 2 aromatic heterocycles. The van der Waals surface area contributed by atoms with Crippen LogP contribution in [-0.2, 0) is 0 Å². The Morgan fingerprint density at radius 3 is 2.89 bits per heavy atom. The first kappa shape index (κ1) is 24.1. The highest BCUT2D eigenvalue weighted by molar-refractivity contribution is 7.99. The van der Waals surface area contributed by atoms with Crippen molar-refractivity contribution in [1.29, 1.82) is 0 Å². The van der Waals surface area contributed by atoms with E-state index in [1.54, 1.807) is 25.0 Å². The van der Waals surface area contributed by atoms with E-state index < -0.39 is 0 Å². The molecule has 184 valence electrons. The zero-order valence-corrected chi connectivity index (χ0v) is 21.2. The van der Waals surface area contributed by atoms with Crippen LogP contribution in [0.5, 0.6) is 5.75 Å². The van der Waals surface area contributed by atoms with Crippen LogP contribution in [0.15, 0.2) is 70.6 Å². The largest absolute Gasteiger partial charge is 0.492 e. The molecule has 1 aliphatic rings. The molecule has 4 aromatic rings. The van der Waals surface area contributed by atoms with Gasteiger partial charge in [0.15, 0.2) is 0 Å². The van der Waals surface area contributed by atoms with Gasteiger partial charge in [-0.3, -0.25) is 14.9 Å². The molecule has 2 N–H and O–H groups in total. The number of H-pyrrole nitrogens is 1. The smallest absolute Gasteiger partial charge is 0.252 e. The fourth-order valence-electron chi connectivity index (χ4n) is 4.33. The first-order valence-corrected chi connectivity index (χ1v) is 12.8. The SMILES string of the molecule is CNC(=O)c1ccccc1Sc1ccc2c(/C=C/c3ccc(OC[C@H]4CCN(C)C4)cn3)n[nH]c2c1.